The lowest BCUT2D eigenvalue weighted by atomic mass is 9.90. The summed E-state index contributed by atoms with van der Waals surface area (Å²) in [4.78, 5) is -1.28. The van der Waals surface area contributed by atoms with Gasteiger partial charge in [-0.15, -0.1) is 0 Å². The van der Waals surface area contributed by atoms with Gasteiger partial charge in [0, 0.05) is 5.56 Å². The van der Waals surface area contributed by atoms with Crippen LogP contribution in [0.5, 0.6) is 0 Å². The number of hydrogen-bond acceptors (Lipinski definition) is 4. The van der Waals surface area contributed by atoms with Gasteiger partial charge in [0.2, 0.25) is 23.3 Å². The van der Waals surface area contributed by atoms with Crippen molar-refractivity contribution in [2.24, 2.45) is 0 Å². The van der Waals surface area contributed by atoms with Crippen LogP contribution in [-0.2, 0) is 0 Å². The normalized spacial score (nSPS) is 11.2. The fourth-order valence-electron chi connectivity index (χ4n) is 4.80. The van der Waals surface area contributed by atoms with Crippen molar-refractivity contribution in [1.82, 2.24) is 0 Å². The summed E-state index contributed by atoms with van der Waals surface area (Å²) in [5, 5.41) is 21.5. The van der Waals surface area contributed by atoms with Crippen molar-refractivity contribution >= 4 is 24.4 Å². The molecule has 55 heavy (non-hydrogen) atoms. The molecule has 0 spiro atoms. The van der Waals surface area contributed by atoms with E-state index in [1.165, 1.54) is 0 Å². The fourth-order valence-corrected chi connectivity index (χ4v) is 4.80. The van der Waals surface area contributed by atoms with Crippen LogP contribution in [0, 0.1) is 116 Å². The highest BCUT2D eigenvalue weighted by Crippen LogP contribution is 2.52. The predicted molar refractivity (Wildman–Crippen MR) is 144 cm³/mol. The summed E-state index contributed by atoms with van der Waals surface area (Å²) in [6, 6.07) is 0.0206. The molecule has 0 unspecified atom stereocenters. The number of anilines is 3. The minimum Gasteiger partial charge on any atom is -0.402 e. The minimum atomic E-state index is -3.19. The Bertz CT molecular complexity index is 2220. The highest BCUT2D eigenvalue weighted by molar-refractivity contribution is 6.30. The molecule has 5 aromatic rings. The zero-order valence-electron chi connectivity index (χ0n) is 25.2. The zero-order valence-corrected chi connectivity index (χ0v) is 25.2. The maximum Gasteiger partial charge on any atom is 0.631 e. The molecule has 0 fully saturated rings. The fraction of sp³-hybridized carbons (Fsp3) is 0. The summed E-state index contributed by atoms with van der Waals surface area (Å²) >= 11 is 0. The molecule has 0 saturated carbocycles. The molecule has 4 nitrogen and oxygen atoms in total. The molecule has 0 amide bonds. The number of nitrogens with zero attached hydrogens (tertiary/aromatic N) is 1. The third-order valence-corrected chi connectivity index (χ3v) is 7.04. The van der Waals surface area contributed by atoms with E-state index in [1.807, 2.05) is 0 Å². The average Bonchev–Trinajstić information content (AvgIpc) is 3.14. The monoisotopic (exact) mass is 819 g/mol. The Hall–Kier alpha value is -5.56. The SMILES string of the molecule is Fc1c(F)c(F)c(-c2cccc(N(c3c(F)c(F)c(F)c(F)c3F)c3c(F)c(F)c(F)c(F)c3F)c2-c2c(F)c(F)c(F)c(F)c2F)c(F)c1F.OB(O)O. The molecule has 25 heteroatoms. The average molecular weight is 819 g/mol. The molecule has 0 aliphatic heterocycles. The summed E-state index contributed by atoms with van der Waals surface area (Å²) in [6.45, 7) is 0. The topological polar surface area (TPSA) is 63.9 Å². The van der Waals surface area contributed by atoms with Gasteiger partial charge in [-0.1, -0.05) is 12.1 Å². The molecular weight excluding hydrogens is 813 g/mol. The summed E-state index contributed by atoms with van der Waals surface area (Å²) in [5.41, 5.74) is -17.4. The van der Waals surface area contributed by atoms with E-state index in [9.17, 15) is 52.7 Å². The van der Waals surface area contributed by atoms with Gasteiger partial charge in [0.1, 0.15) is 11.4 Å². The molecule has 5 aromatic carbocycles. The molecule has 0 radical (unpaired) electrons. The first-order valence-corrected chi connectivity index (χ1v) is 13.5. The standard InChI is InChI=1S/C30H3F20N.BH3O3/c31-9-7(10(32)14(36)17(39)13(9)35)4-2-1-3-5(6(4)8-11(33)15(37)18(40)16(38)12(8)34)51(29-25(47)21(43)19(41)22(44)26(29)48)30-27(49)23(45)20(42)24(46)28(30)50;2-1(3)4/h1-3H;2-4H. The van der Waals surface area contributed by atoms with Crippen LogP contribution in [0.4, 0.5) is 105 Å². The molecule has 3 N–H and O–H groups in total. The van der Waals surface area contributed by atoms with E-state index in [4.69, 9.17) is 15.1 Å². The first-order valence-electron chi connectivity index (χ1n) is 13.5. The summed E-state index contributed by atoms with van der Waals surface area (Å²) in [5.74, 6) is -61.7. The van der Waals surface area contributed by atoms with Crippen LogP contribution in [0.3, 0.4) is 0 Å². The number of halogens is 20. The van der Waals surface area contributed by atoms with E-state index in [1.54, 1.807) is 0 Å². The Morgan fingerprint density at radius 3 is 0.836 bits per heavy atom. The van der Waals surface area contributed by atoms with Gasteiger partial charge in [-0.3, -0.25) is 4.90 Å². The van der Waals surface area contributed by atoms with Crippen LogP contribution in [0.2, 0.25) is 0 Å². The van der Waals surface area contributed by atoms with Crippen LogP contribution >= 0.6 is 0 Å². The smallest absolute Gasteiger partial charge is 0.402 e. The Morgan fingerprint density at radius 1 is 0.309 bits per heavy atom. The first kappa shape index (κ1) is 42.2. The van der Waals surface area contributed by atoms with Crippen LogP contribution < -0.4 is 4.90 Å². The second kappa shape index (κ2) is 15.3. The molecular formula is C30H6BF20NO3. The van der Waals surface area contributed by atoms with Crippen molar-refractivity contribution in [3.05, 3.63) is 135 Å². The number of rotatable bonds is 5. The maximum absolute atomic E-state index is 15.4. The van der Waals surface area contributed by atoms with Crippen molar-refractivity contribution in [3.63, 3.8) is 0 Å². The molecule has 0 aliphatic carbocycles. The number of benzene rings is 5. The third-order valence-electron chi connectivity index (χ3n) is 7.04. The van der Waals surface area contributed by atoms with Gasteiger partial charge in [0.15, 0.2) is 93.1 Å². The van der Waals surface area contributed by atoms with Crippen LogP contribution in [0.25, 0.3) is 22.3 Å². The van der Waals surface area contributed by atoms with E-state index < -0.39 is 168 Å². The molecule has 0 aromatic heterocycles. The summed E-state index contributed by atoms with van der Waals surface area (Å²) in [7, 11) is -2.17. The largest absolute Gasteiger partial charge is 0.631 e. The van der Waals surface area contributed by atoms with Gasteiger partial charge < -0.3 is 15.1 Å². The Morgan fingerprint density at radius 2 is 0.545 bits per heavy atom. The van der Waals surface area contributed by atoms with E-state index in [2.05, 4.69) is 0 Å². The highest BCUT2D eigenvalue weighted by Gasteiger charge is 2.40. The van der Waals surface area contributed by atoms with Gasteiger partial charge >= 0.3 is 7.32 Å². The van der Waals surface area contributed by atoms with Crippen molar-refractivity contribution < 1.29 is 103 Å². The third kappa shape index (κ3) is 6.75. The zero-order chi connectivity index (χ0) is 41.9. The molecule has 0 bridgehead atoms. The molecule has 0 saturated heterocycles. The highest BCUT2D eigenvalue weighted by atomic mass is 19.2. The van der Waals surface area contributed by atoms with Crippen molar-refractivity contribution in [1.29, 1.82) is 0 Å². The second-order valence-electron chi connectivity index (χ2n) is 10.1. The Balaban J connectivity index is 0.00000160. The molecule has 292 valence electrons. The van der Waals surface area contributed by atoms with E-state index in [0.29, 0.717) is 0 Å². The molecule has 0 heterocycles. The van der Waals surface area contributed by atoms with Crippen LogP contribution in [0.15, 0.2) is 18.2 Å². The molecule has 0 atom stereocenters. The van der Waals surface area contributed by atoms with Crippen molar-refractivity contribution in [2.45, 2.75) is 0 Å². The van der Waals surface area contributed by atoms with E-state index >= 15 is 35.1 Å². The Labute approximate surface area is 289 Å². The Kier molecular flexibility index (Phi) is 11.7. The van der Waals surface area contributed by atoms with Crippen LogP contribution in [0.1, 0.15) is 0 Å². The lowest BCUT2D eigenvalue weighted by molar-refractivity contribution is 0.278. The van der Waals surface area contributed by atoms with E-state index in [-0.39, 0.29) is 18.2 Å². The lowest BCUT2D eigenvalue weighted by Gasteiger charge is -2.30. The summed E-state index contributed by atoms with van der Waals surface area (Å²) < 4.78 is 293. The van der Waals surface area contributed by atoms with Crippen LogP contribution in [-0.4, -0.2) is 22.4 Å². The van der Waals surface area contributed by atoms with E-state index in [0.717, 1.165) is 0 Å². The molecule has 0 aliphatic rings. The summed E-state index contributed by atoms with van der Waals surface area (Å²) in [6.07, 6.45) is 0. The quantitative estimate of drug-likeness (QED) is 0.0717. The van der Waals surface area contributed by atoms with Gasteiger partial charge in [-0.25, -0.2) is 87.8 Å². The predicted octanol–water partition coefficient (Wildman–Crippen LogP) is 9.22. The van der Waals surface area contributed by atoms with Crippen molar-refractivity contribution in [2.75, 3.05) is 4.90 Å². The second-order valence-corrected chi connectivity index (χ2v) is 10.1. The van der Waals surface area contributed by atoms with Gasteiger partial charge in [0.25, 0.3) is 0 Å². The lowest BCUT2D eigenvalue weighted by Crippen LogP contribution is -2.22. The van der Waals surface area contributed by atoms with Gasteiger partial charge in [0.05, 0.1) is 16.8 Å². The van der Waals surface area contributed by atoms with Gasteiger partial charge in [-0.2, -0.15) is 0 Å². The minimum absolute atomic E-state index is 0.00439. The molecule has 5 rings (SSSR count). The maximum atomic E-state index is 15.4. The first-order chi connectivity index (χ1) is 25.4. The van der Waals surface area contributed by atoms with Gasteiger partial charge in [-0.05, 0) is 11.6 Å². The van der Waals surface area contributed by atoms with Crippen molar-refractivity contribution in [3.8, 4) is 22.3 Å². The number of hydrogen-bond donors (Lipinski definition) is 3.